The predicted molar refractivity (Wildman–Crippen MR) is 72.1 cm³/mol. The van der Waals surface area contributed by atoms with E-state index in [-0.39, 0.29) is 17.9 Å². The Labute approximate surface area is 113 Å². The average Bonchev–Trinajstić information content (AvgIpc) is 2.57. The van der Waals surface area contributed by atoms with Gasteiger partial charge in [-0.2, -0.15) is 0 Å². The van der Waals surface area contributed by atoms with Gasteiger partial charge in [-0.3, -0.25) is 0 Å². The number of urea groups is 1. The van der Waals surface area contributed by atoms with Crippen molar-refractivity contribution >= 4 is 6.03 Å². The summed E-state index contributed by atoms with van der Waals surface area (Å²) in [4.78, 5) is 15.6. The zero-order valence-corrected chi connectivity index (χ0v) is 11.6. The van der Waals surface area contributed by atoms with E-state index in [1.165, 1.54) is 12.1 Å². The Morgan fingerprint density at radius 1 is 1.37 bits per heavy atom. The van der Waals surface area contributed by atoms with Crippen molar-refractivity contribution in [3.05, 3.63) is 35.6 Å². The van der Waals surface area contributed by atoms with Gasteiger partial charge in [-0.25, -0.2) is 9.18 Å². The van der Waals surface area contributed by atoms with Gasteiger partial charge in [0.2, 0.25) is 0 Å². The van der Waals surface area contributed by atoms with Gasteiger partial charge in [-0.05, 0) is 31.5 Å². The minimum atomic E-state index is -0.422. The average molecular weight is 265 g/mol. The minimum absolute atomic E-state index is 0.0344. The number of amides is 2. The fraction of sp³-hybridized carbons (Fsp3) is 0.500. The summed E-state index contributed by atoms with van der Waals surface area (Å²) in [5.74, 6) is -0.268. The molecule has 1 saturated heterocycles. The monoisotopic (exact) mass is 265 g/mol. The van der Waals surface area contributed by atoms with Crippen LogP contribution in [0.1, 0.15) is 25.5 Å². The Balaban J connectivity index is 2.16. The van der Waals surface area contributed by atoms with Crippen LogP contribution in [0.2, 0.25) is 0 Å². The fourth-order valence-corrected chi connectivity index (χ4v) is 2.40. The van der Waals surface area contributed by atoms with Crippen LogP contribution in [0.3, 0.4) is 0 Å². The number of hydrogen-bond acceptors (Lipinski definition) is 2. The molecule has 19 heavy (non-hydrogen) atoms. The lowest BCUT2D eigenvalue weighted by molar-refractivity contribution is 0.188. The standard InChI is InChI=1S/C14H20FN3O/c1-14(2,16)9-18-8-12(17(3)13(18)19)10-4-6-11(15)7-5-10/h4-7,12H,8-9,16H2,1-3H3. The van der Waals surface area contributed by atoms with Gasteiger partial charge in [0.25, 0.3) is 0 Å². The molecule has 1 aromatic rings. The Kier molecular flexibility index (Phi) is 3.49. The molecule has 0 radical (unpaired) electrons. The van der Waals surface area contributed by atoms with Crippen LogP contribution in [0.25, 0.3) is 0 Å². The number of carbonyl (C=O) groups is 1. The molecular weight excluding hydrogens is 245 g/mol. The predicted octanol–water partition coefficient (Wildman–Crippen LogP) is 1.97. The smallest absolute Gasteiger partial charge is 0.320 e. The van der Waals surface area contributed by atoms with E-state index in [2.05, 4.69) is 0 Å². The van der Waals surface area contributed by atoms with Crippen LogP contribution in [0.15, 0.2) is 24.3 Å². The first-order valence-electron chi connectivity index (χ1n) is 6.34. The number of hydrogen-bond donors (Lipinski definition) is 1. The van der Waals surface area contributed by atoms with Gasteiger partial charge in [0.05, 0.1) is 6.04 Å². The van der Waals surface area contributed by atoms with Crippen LogP contribution >= 0.6 is 0 Å². The molecule has 4 nitrogen and oxygen atoms in total. The summed E-state index contributed by atoms with van der Waals surface area (Å²) in [5.41, 5.74) is 6.48. The van der Waals surface area contributed by atoms with Crippen molar-refractivity contribution in [3.8, 4) is 0 Å². The summed E-state index contributed by atoms with van der Waals surface area (Å²) in [6, 6.07) is 6.21. The van der Waals surface area contributed by atoms with Gasteiger partial charge >= 0.3 is 6.03 Å². The highest BCUT2D eigenvalue weighted by Gasteiger charge is 2.37. The van der Waals surface area contributed by atoms with Crippen molar-refractivity contribution in [2.24, 2.45) is 5.73 Å². The maximum atomic E-state index is 12.9. The lowest BCUT2D eigenvalue weighted by Gasteiger charge is -2.25. The van der Waals surface area contributed by atoms with Gasteiger partial charge in [0.1, 0.15) is 5.82 Å². The number of likely N-dealkylation sites (N-methyl/N-ethyl adjacent to an activating group) is 1. The maximum Gasteiger partial charge on any atom is 0.320 e. The highest BCUT2D eigenvalue weighted by Crippen LogP contribution is 2.28. The Bertz CT molecular complexity index is 467. The van der Waals surface area contributed by atoms with Crippen molar-refractivity contribution in [2.45, 2.75) is 25.4 Å². The van der Waals surface area contributed by atoms with Crippen molar-refractivity contribution in [1.29, 1.82) is 0 Å². The van der Waals surface area contributed by atoms with Gasteiger partial charge in [-0.15, -0.1) is 0 Å². The van der Waals surface area contributed by atoms with Gasteiger partial charge in [-0.1, -0.05) is 12.1 Å². The van der Waals surface area contributed by atoms with Crippen LogP contribution in [-0.4, -0.2) is 41.5 Å². The summed E-state index contributed by atoms with van der Waals surface area (Å²) in [5, 5.41) is 0. The third-order valence-corrected chi connectivity index (χ3v) is 3.29. The molecule has 5 heteroatoms. The molecule has 1 fully saturated rings. The highest BCUT2D eigenvalue weighted by atomic mass is 19.1. The van der Waals surface area contributed by atoms with Crippen LogP contribution in [0.5, 0.6) is 0 Å². The van der Waals surface area contributed by atoms with E-state index in [0.29, 0.717) is 13.1 Å². The Morgan fingerprint density at radius 2 is 1.95 bits per heavy atom. The van der Waals surface area contributed by atoms with Gasteiger partial charge in [0.15, 0.2) is 0 Å². The largest absolute Gasteiger partial charge is 0.324 e. The molecule has 1 unspecified atom stereocenters. The molecule has 1 heterocycles. The summed E-state index contributed by atoms with van der Waals surface area (Å²) < 4.78 is 12.9. The first-order chi connectivity index (χ1) is 8.78. The molecule has 0 aliphatic carbocycles. The van der Waals surface area contributed by atoms with Crippen LogP contribution in [0.4, 0.5) is 9.18 Å². The zero-order chi connectivity index (χ0) is 14.2. The highest BCUT2D eigenvalue weighted by molar-refractivity contribution is 5.77. The van der Waals surface area contributed by atoms with E-state index in [0.717, 1.165) is 5.56 Å². The lowest BCUT2D eigenvalue weighted by atomic mass is 10.1. The zero-order valence-electron chi connectivity index (χ0n) is 11.6. The van der Waals surface area contributed by atoms with Crippen molar-refractivity contribution in [2.75, 3.05) is 20.1 Å². The van der Waals surface area contributed by atoms with E-state index in [9.17, 15) is 9.18 Å². The topological polar surface area (TPSA) is 49.6 Å². The second-order valence-corrected chi connectivity index (χ2v) is 5.83. The number of benzene rings is 1. The third-order valence-electron chi connectivity index (χ3n) is 3.29. The molecule has 2 rings (SSSR count). The number of halogens is 1. The molecule has 2 N–H and O–H groups in total. The molecule has 1 aliphatic heterocycles. The molecule has 0 spiro atoms. The number of nitrogens with two attached hydrogens (primary N) is 1. The number of carbonyl (C=O) groups excluding carboxylic acids is 1. The number of rotatable bonds is 3. The van der Waals surface area contributed by atoms with Crippen LogP contribution in [0, 0.1) is 5.82 Å². The molecule has 1 aliphatic rings. The first-order valence-corrected chi connectivity index (χ1v) is 6.34. The maximum absolute atomic E-state index is 12.9. The SMILES string of the molecule is CN1C(=O)N(CC(C)(C)N)CC1c1ccc(F)cc1. The van der Waals surface area contributed by atoms with Crippen molar-refractivity contribution in [1.82, 2.24) is 9.80 Å². The summed E-state index contributed by atoms with van der Waals surface area (Å²) in [6.45, 7) is 4.88. The molecule has 1 atom stereocenters. The fourth-order valence-electron chi connectivity index (χ4n) is 2.40. The van der Waals surface area contributed by atoms with Gasteiger partial charge < -0.3 is 15.5 Å². The van der Waals surface area contributed by atoms with E-state index in [1.54, 1.807) is 29.0 Å². The molecule has 0 bridgehead atoms. The summed E-state index contributed by atoms with van der Waals surface area (Å²) in [7, 11) is 1.76. The summed E-state index contributed by atoms with van der Waals surface area (Å²) in [6.07, 6.45) is 0. The lowest BCUT2D eigenvalue weighted by Crippen LogP contribution is -2.46. The minimum Gasteiger partial charge on any atom is -0.324 e. The molecule has 1 aromatic carbocycles. The van der Waals surface area contributed by atoms with Gasteiger partial charge in [0, 0.05) is 25.7 Å². The summed E-state index contributed by atoms with van der Waals surface area (Å²) >= 11 is 0. The normalized spacial score (nSPS) is 20.3. The second kappa shape index (κ2) is 4.81. The first kappa shape index (κ1) is 13.8. The Morgan fingerprint density at radius 3 is 2.47 bits per heavy atom. The van der Waals surface area contributed by atoms with E-state index >= 15 is 0 Å². The van der Waals surface area contributed by atoms with Crippen molar-refractivity contribution in [3.63, 3.8) is 0 Å². The van der Waals surface area contributed by atoms with Crippen LogP contribution < -0.4 is 5.73 Å². The molecule has 2 amide bonds. The molecule has 104 valence electrons. The van der Waals surface area contributed by atoms with E-state index < -0.39 is 5.54 Å². The van der Waals surface area contributed by atoms with Crippen molar-refractivity contribution < 1.29 is 9.18 Å². The molecule has 0 saturated carbocycles. The molecular formula is C14H20FN3O. The van der Waals surface area contributed by atoms with Crippen LogP contribution in [-0.2, 0) is 0 Å². The second-order valence-electron chi connectivity index (χ2n) is 5.83. The number of nitrogens with zero attached hydrogens (tertiary/aromatic N) is 2. The van der Waals surface area contributed by atoms with E-state index in [1.807, 2.05) is 13.8 Å². The third kappa shape index (κ3) is 3.04. The van der Waals surface area contributed by atoms with E-state index in [4.69, 9.17) is 5.73 Å². The quantitative estimate of drug-likeness (QED) is 0.908. The molecule has 0 aromatic heterocycles. The Hall–Kier alpha value is -1.62.